The number of nitrogens with zero attached hydrogens (tertiary/aromatic N) is 3. The van der Waals surface area contributed by atoms with Crippen molar-refractivity contribution in [1.29, 1.82) is 0 Å². The minimum Gasteiger partial charge on any atom is -0.497 e. The Morgan fingerprint density at radius 3 is 2.48 bits per heavy atom. The molecule has 3 N–H and O–H groups in total. The molecule has 0 saturated carbocycles. The van der Waals surface area contributed by atoms with Crippen molar-refractivity contribution in [3.05, 3.63) is 59.9 Å². The number of anilines is 1. The monoisotopic (exact) mass is 471 g/mol. The van der Waals surface area contributed by atoms with Gasteiger partial charge in [0, 0.05) is 24.4 Å². The molecule has 3 rings (SSSR count). The standard InChI is InChI=1S/C22H25N5O5S/c1-27-20(18(12-28)24-21(30)14-7-9-16(31-2)10-8-14)25-26-22(27)33-13-19(29)23-15-5-4-6-17(11-15)32-3/h4-11,18,28H,12-13H2,1-3H3,(H,23,29)(H,24,30). The summed E-state index contributed by atoms with van der Waals surface area (Å²) in [4.78, 5) is 24.9. The number of carbonyl (C=O) groups is 2. The predicted molar refractivity (Wildman–Crippen MR) is 124 cm³/mol. The third-order valence-electron chi connectivity index (χ3n) is 4.71. The Morgan fingerprint density at radius 1 is 1.09 bits per heavy atom. The highest BCUT2D eigenvalue weighted by Gasteiger charge is 2.22. The Hall–Kier alpha value is -3.57. The summed E-state index contributed by atoms with van der Waals surface area (Å²) in [5, 5.41) is 24.0. The van der Waals surface area contributed by atoms with Crippen LogP contribution in [0.4, 0.5) is 5.69 Å². The number of ether oxygens (including phenoxy) is 2. The van der Waals surface area contributed by atoms with Crippen molar-refractivity contribution in [3.63, 3.8) is 0 Å². The number of aliphatic hydroxyl groups excluding tert-OH is 1. The van der Waals surface area contributed by atoms with Gasteiger partial charge in [-0.3, -0.25) is 9.59 Å². The fourth-order valence-corrected chi connectivity index (χ4v) is 3.68. The Bertz CT molecular complexity index is 1100. The van der Waals surface area contributed by atoms with Gasteiger partial charge in [0.1, 0.15) is 17.5 Å². The number of benzene rings is 2. The Balaban J connectivity index is 1.60. The van der Waals surface area contributed by atoms with Crippen molar-refractivity contribution in [3.8, 4) is 11.5 Å². The van der Waals surface area contributed by atoms with E-state index in [0.29, 0.717) is 33.7 Å². The lowest BCUT2D eigenvalue weighted by Crippen LogP contribution is -2.32. The van der Waals surface area contributed by atoms with Gasteiger partial charge < -0.3 is 29.8 Å². The average Bonchev–Trinajstić information content (AvgIpc) is 3.21. The molecular weight excluding hydrogens is 446 g/mol. The largest absolute Gasteiger partial charge is 0.497 e. The number of carbonyl (C=O) groups excluding carboxylic acids is 2. The van der Waals surface area contributed by atoms with E-state index in [9.17, 15) is 14.7 Å². The maximum absolute atomic E-state index is 12.6. The van der Waals surface area contributed by atoms with Crippen molar-refractivity contribution in [2.24, 2.45) is 7.05 Å². The third kappa shape index (κ3) is 6.24. The topological polar surface area (TPSA) is 128 Å². The number of rotatable bonds is 10. The lowest BCUT2D eigenvalue weighted by Gasteiger charge is -2.16. The van der Waals surface area contributed by atoms with Crippen molar-refractivity contribution in [2.45, 2.75) is 11.2 Å². The average molecular weight is 472 g/mol. The molecule has 3 aromatic rings. The number of aromatic nitrogens is 3. The van der Waals surface area contributed by atoms with Gasteiger partial charge in [-0.2, -0.15) is 0 Å². The molecule has 0 saturated heterocycles. The van der Waals surface area contributed by atoms with Gasteiger partial charge in [-0.25, -0.2) is 0 Å². The van der Waals surface area contributed by atoms with E-state index in [2.05, 4.69) is 20.8 Å². The van der Waals surface area contributed by atoms with Gasteiger partial charge >= 0.3 is 0 Å². The summed E-state index contributed by atoms with van der Waals surface area (Å²) in [6.07, 6.45) is 0. The smallest absolute Gasteiger partial charge is 0.251 e. The minimum absolute atomic E-state index is 0.102. The maximum atomic E-state index is 12.6. The van der Waals surface area contributed by atoms with Crippen LogP contribution in [-0.4, -0.2) is 58.3 Å². The number of hydrogen-bond acceptors (Lipinski definition) is 8. The van der Waals surface area contributed by atoms with Crippen LogP contribution in [-0.2, 0) is 11.8 Å². The van der Waals surface area contributed by atoms with Gasteiger partial charge in [-0.1, -0.05) is 17.8 Å². The molecule has 174 valence electrons. The second-order valence-electron chi connectivity index (χ2n) is 6.91. The van der Waals surface area contributed by atoms with E-state index >= 15 is 0 Å². The number of thioether (sulfide) groups is 1. The van der Waals surface area contributed by atoms with Gasteiger partial charge in [0.2, 0.25) is 5.91 Å². The third-order valence-corrected chi connectivity index (χ3v) is 5.73. The van der Waals surface area contributed by atoms with E-state index in [0.717, 1.165) is 0 Å². The van der Waals surface area contributed by atoms with Crippen LogP contribution < -0.4 is 20.1 Å². The van der Waals surface area contributed by atoms with E-state index < -0.39 is 6.04 Å². The van der Waals surface area contributed by atoms with E-state index in [1.807, 2.05) is 0 Å². The normalized spacial score (nSPS) is 11.5. The van der Waals surface area contributed by atoms with Crippen LogP contribution >= 0.6 is 11.8 Å². The van der Waals surface area contributed by atoms with Crippen molar-refractivity contribution in [1.82, 2.24) is 20.1 Å². The lowest BCUT2D eigenvalue weighted by atomic mass is 10.2. The molecule has 0 bridgehead atoms. The maximum Gasteiger partial charge on any atom is 0.251 e. The molecule has 1 unspecified atom stereocenters. The van der Waals surface area contributed by atoms with Crippen molar-refractivity contribution in [2.75, 3.05) is 31.9 Å². The molecule has 0 aliphatic rings. The molecule has 2 amide bonds. The molecule has 1 aromatic heterocycles. The number of amides is 2. The second-order valence-corrected chi connectivity index (χ2v) is 7.85. The summed E-state index contributed by atoms with van der Waals surface area (Å²) in [6, 6.07) is 12.9. The molecule has 0 fully saturated rings. The zero-order valence-electron chi connectivity index (χ0n) is 18.4. The van der Waals surface area contributed by atoms with Crippen LogP contribution in [0.3, 0.4) is 0 Å². The minimum atomic E-state index is -0.767. The van der Waals surface area contributed by atoms with E-state index in [1.165, 1.54) is 11.8 Å². The molecule has 33 heavy (non-hydrogen) atoms. The quantitative estimate of drug-likeness (QED) is 0.383. The van der Waals surface area contributed by atoms with Crippen molar-refractivity contribution < 1.29 is 24.2 Å². The second kappa shape index (κ2) is 11.3. The zero-order valence-corrected chi connectivity index (χ0v) is 19.3. The number of hydrogen-bond donors (Lipinski definition) is 3. The van der Waals surface area contributed by atoms with Gasteiger partial charge in [-0.15, -0.1) is 10.2 Å². The number of nitrogens with one attached hydrogen (secondary N) is 2. The van der Waals surface area contributed by atoms with Gasteiger partial charge in [0.25, 0.3) is 5.91 Å². The van der Waals surface area contributed by atoms with Gasteiger partial charge in [-0.05, 0) is 36.4 Å². The highest BCUT2D eigenvalue weighted by Crippen LogP contribution is 2.21. The van der Waals surface area contributed by atoms with Crippen molar-refractivity contribution >= 4 is 29.3 Å². The van der Waals surface area contributed by atoms with Crippen LogP contribution in [0.1, 0.15) is 22.2 Å². The Labute approximate surface area is 195 Å². The fourth-order valence-electron chi connectivity index (χ4n) is 2.96. The highest BCUT2D eigenvalue weighted by atomic mass is 32.2. The first-order valence-corrected chi connectivity index (χ1v) is 11.0. The highest BCUT2D eigenvalue weighted by molar-refractivity contribution is 7.99. The molecule has 0 spiro atoms. The van der Waals surface area contributed by atoms with E-state index in [4.69, 9.17) is 9.47 Å². The van der Waals surface area contributed by atoms with Crippen LogP contribution in [0, 0.1) is 0 Å². The molecule has 0 aliphatic carbocycles. The fraction of sp³-hybridized carbons (Fsp3) is 0.273. The Kier molecular flexibility index (Phi) is 8.28. The molecule has 10 nitrogen and oxygen atoms in total. The molecule has 1 heterocycles. The lowest BCUT2D eigenvalue weighted by molar-refractivity contribution is -0.113. The summed E-state index contributed by atoms with van der Waals surface area (Å²) < 4.78 is 11.9. The van der Waals surface area contributed by atoms with Crippen LogP contribution in [0.25, 0.3) is 0 Å². The summed E-state index contributed by atoms with van der Waals surface area (Å²) in [7, 11) is 4.81. The molecular formula is C22H25N5O5S. The summed E-state index contributed by atoms with van der Waals surface area (Å²) in [6.45, 7) is -0.366. The molecule has 0 radical (unpaired) electrons. The van der Waals surface area contributed by atoms with Gasteiger partial charge in [0.05, 0.1) is 26.6 Å². The summed E-state index contributed by atoms with van der Waals surface area (Å²) in [5.41, 5.74) is 1.04. The van der Waals surface area contributed by atoms with Crippen LogP contribution in [0.15, 0.2) is 53.7 Å². The molecule has 11 heteroatoms. The summed E-state index contributed by atoms with van der Waals surface area (Å²) in [5.74, 6) is 1.16. The molecule has 1 atom stereocenters. The van der Waals surface area contributed by atoms with E-state index in [1.54, 1.807) is 74.4 Å². The Morgan fingerprint density at radius 2 is 1.82 bits per heavy atom. The van der Waals surface area contributed by atoms with Crippen LogP contribution in [0.2, 0.25) is 0 Å². The molecule has 0 aliphatic heterocycles. The number of methoxy groups -OCH3 is 2. The molecule has 2 aromatic carbocycles. The SMILES string of the molecule is COc1ccc(C(=O)NC(CO)c2nnc(SCC(=O)Nc3cccc(OC)c3)n2C)cc1. The first-order valence-electron chi connectivity index (χ1n) is 9.97. The van der Waals surface area contributed by atoms with E-state index in [-0.39, 0.29) is 24.2 Å². The van der Waals surface area contributed by atoms with Gasteiger partial charge in [0.15, 0.2) is 11.0 Å². The first-order chi connectivity index (χ1) is 15.9. The zero-order chi connectivity index (χ0) is 23.8. The van der Waals surface area contributed by atoms with Crippen LogP contribution in [0.5, 0.6) is 11.5 Å². The number of aliphatic hydroxyl groups is 1. The first kappa shape index (κ1) is 24.1. The summed E-state index contributed by atoms with van der Waals surface area (Å²) >= 11 is 1.19. The predicted octanol–water partition coefficient (Wildman–Crippen LogP) is 2.03.